The summed E-state index contributed by atoms with van der Waals surface area (Å²) in [6.07, 6.45) is -0.715. The molecular weight excluding hydrogens is 343 g/mol. The van der Waals surface area contributed by atoms with Gasteiger partial charge in [0, 0.05) is 17.9 Å². The van der Waals surface area contributed by atoms with E-state index in [1.54, 1.807) is 6.07 Å². The fourth-order valence-electron chi connectivity index (χ4n) is 2.09. The SMILES string of the molecule is O=C(O)CC(CC(=O)c1ccc(F)cc1)C(=O)c1ccc(Cl)s1. The van der Waals surface area contributed by atoms with Crippen molar-refractivity contribution in [3.63, 3.8) is 0 Å². The summed E-state index contributed by atoms with van der Waals surface area (Å²) in [6, 6.07) is 7.94. The fraction of sp³-hybridized carbons (Fsp3) is 0.188. The Labute approximate surface area is 140 Å². The third-order valence-electron chi connectivity index (χ3n) is 3.21. The number of ketones is 2. The van der Waals surface area contributed by atoms with Crippen LogP contribution in [-0.4, -0.2) is 22.6 Å². The zero-order valence-electron chi connectivity index (χ0n) is 11.8. The van der Waals surface area contributed by atoms with Gasteiger partial charge in [0.25, 0.3) is 0 Å². The molecule has 1 atom stereocenters. The topological polar surface area (TPSA) is 71.4 Å². The van der Waals surface area contributed by atoms with Crippen molar-refractivity contribution in [2.24, 2.45) is 5.92 Å². The molecule has 0 spiro atoms. The Morgan fingerprint density at radius 3 is 2.26 bits per heavy atom. The summed E-state index contributed by atoms with van der Waals surface area (Å²) in [5.41, 5.74) is 0.235. The number of carbonyl (C=O) groups excluding carboxylic acids is 2. The standard InChI is InChI=1S/C16H12ClFO4S/c17-14-6-5-13(23-14)16(22)10(8-15(20)21)7-12(19)9-1-3-11(18)4-2-9/h1-6,10H,7-8H2,(H,20,21). The van der Waals surface area contributed by atoms with Gasteiger partial charge in [-0.2, -0.15) is 0 Å². The molecule has 1 aromatic heterocycles. The Hall–Kier alpha value is -2.05. The quantitative estimate of drug-likeness (QED) is 0.760. The summed E-state index contributed by atoms with van der Waals surface area (Å²) in [7, 11) is 0. The minimum Gasteiger partial charge on any atom is -0.481 e. The van der Waals surface area contributed by atoms with E-state index < -0.39 is 35.7 Å². The van der Waals surface area contributed by atoms with E-state index >= 15 is 0 Å². The number of Topliss-reactive ketones (excluding diaryl/α,β-unsaturated/α-hetero) is 2. The van der Waals surface area contributed by atoms with Crippen LogP contribution in [0.4, 0.5) is 4.39 Å². The number of thiophene rings is 1. The molecule has 1 aromatic carbocycles. The Kier molecular flexibility index (Phi) is 5.63. The maximum Gasteiger partial charge on any atom is 0.304 e. The van der Waals surface area contributed by atoms with Crippen LogP contribution in [0.15, 0.2) is 36.4 Å². The molecule has 2 aromatic rings. The van der Waals surface area contributed by atoms with Crippen LogP contribution in [-0.2, 0) is 4.79 Å². The molecule has 23 heavy (non-hydrogen) atoms. The maximum absolute atomic E-state index is 12.9. The van der Waals surface area contributed by atoms with Crippen molar-refractivity contribution in [1.82, 2.24) is 0 Å². The maximum atomic E-state index is 12.9. The Morgan fingerprint density at radius 1 is 1.09 bits per heavy atom. The van der Waals surface area contributed by atoms with Crippen LogP contribution in [0.3, 0.4) is 0 Å². The zero-order chi connectivity index (χ0) is 17.0. The van der Waals surface area contributed by atoms with Crippen LogP contribution in [0, 0.1) is 11.7 Å². The molecule has 0 saturated heterocycles. The van der Waals surface area contributed by atoms with E-state index in [0.29, 0.717) is 9.21 Å². The van der Waals surface area contributed by atoms with Crippen LogP contribution in [0.2, 0.25) is 4.34 Å². The van der Waals surface area contributed by atoms with Gasteiger partial charge < -0.3 is 5.11 Å². The average molecular weight is 355 g/mol. The highest BCUT2D eigenvalue weighted by Crippen LogP contribution is 2.27. The lowest BCUT2D eigenvalue weighted by molar-refractivity contribution is -0.137. The minimum absolute atomic E-state index is 0.235. The average Bonchev–Trinajstić information content (AvgIpc) is 2.92. The van der Waals surface area contributed by atoms with E-state index in [1.165, 1.54) is 18.2 Å². The Balaban J connectivity index is 2.18. The predicted molar refractivity (Wildman–Crippen MR) is 84.7 cm³/mol. The van der Waals surface area contributed by atoms with Gasteiger partial charge in [-0.15, -0.1) is 11.3 Å². The first-order valence-corrected chi connectivity index (χ1v) is 7.86. The highest BCUT2D eigenvalue weighted by atomic mass is 35.5. The predicted octanol–water partition coefficient (Wildman–Crippen LogP) is 4.09. The number of hydrogen-bond acceptors (Lipinski definition) is 4. The van der Waals surface area contributed by atoms with E-state index in [1.807, 2.05) is 0 Å². The first kappa shape index (κ1) is 17.3. The first-order valence-electron chi connectivity index (χ1n) is 6.67. The Morgan fingerprint density at radius 2 is 1.74 bits per heavy atom. The lowest BCUT2D eigenvalue weighted by Crippen LogP contribution is -2.21. The van der Waals surface area contributed by atoms with Gasteiger partial charge in [0.15, 0.2) is 11.6 Å². The van der Waals surface area contributed by atoms with E-state index in [4.69, 9.17) is 16.7 Å². The third-order valence-corrected chi connectivity index (χ3v) is 4.45. The molecule has 4 nitrogen and oxygen atoms in total. The number of carbonyl (C=O) groups is 3. The van der Waals surface area contributed by atoms with E-state index in [0.717, 1.165) is 23.5 Å². The summed E-state index contributed by atoms with van der Waals surface area (Å²) >= 11 is 6.82. The van der Waals surface area contributed by atoms with Crippen molar-refractivity contribution in [1.29, 1.82) is 0 Å². The number of aliphatic carboxylic acids is 1. The molecule has 1 unspecified atom stereocenters. The normalized spacial score (nSPS) is 11.9. The molecule has 0 aliphatic rings. The van der Waals surface area contributed by atoms with Gasteiger partial charge in [-0.25, -0.2) is 4.39 Å². The van der Waals surface area contributed by atoms with Gasteiger partial charge in [0.1, 0.15) is 5.82 Å². The Bertz CT molecular complexity index is 739. The summed E-state index contributed by atoms with van der Waals surface area (Å²) in [4.78, 5) is 35.9. The van der Waals surface area contributed by atoms with E-state index in [9.17, 15) is 18.8 Å². The summed E-state index contributed by atoms with van der Waals surface area (Å²) in [6.45, 7) is 0. The molecule has 0 aliphatic carbocycles. The number of carboxylic acid groups (broad SMARTS) is 1. The number of halogens is 2. The molecule has 0 amide bonds. The van der Waals surface area contributed by atoms with Crippen LogP contribution in [0.25, 0.3) is 0 Å². The number of hydrogen-bond donors (Lipinski definition) is 1. The highest BCUT2D eigenvalue weighted by Gasteiger charge is 2.27. The highest BCUT2D eigenvalue weighted by molar-refractivity contribution is 7.18. The summed E-state index contributed by atoms with van der Waals surface area (Å²) in [5, 5.41) is 8.97. The van der Waals surface area contributed by atoms with Crippen molar-refractivity contribution >= 4 is 40.5 Å². The van der Waals surface area contributed by atoms with Crippen LogP contribution in [0.1, 0.15) is 32.9 Å². The second-order valence-electron chi connectivity index (χ2n) is 4.90. The lowest BCUT2D eigenvalue weighted by Gasteiger charge is -2.12. The van der Waals surface area contributed by atoms with Gasteiger partial charge in [-0.3, -0.25) is 14.4 Å². The number of rotatable bonds is 7. The molecule has 2 rings (SSSR count). The van der Waals surface area contributed by atoms with Crippen molar-refractivity contribution < 1.29 is 23.9 Å². The summed E-state index contributed by atoms with van der Waals surface area (Å²) < 4.78 is 13.3. The number of benzene rings is 1. The fourth-order valence-corrected chi connectivity index (χ4v) is 3.16. The zero-order valence-corrected chi connectivity index (χ0v) is 13.4. The van der Waals surface area contributed by atoms with Gasteiger partial charge in [-0.1, -0.05) is 11.6 Å². The smallest absolute Gasteiger partial charge is 0.304 e. The molecule has 1 heterocycles. The molecule has 0 saturated carbocycles. The molecule has 0 fully saturated rings. The van der Waals surface area contributed by atoms with Crippen LogP contribution >= 0.6 is 22.9 Å². The van der Waals surface area contributed by atoms with Crippen molar-refractivity contribution in [3.8, 4) is 0 Å². The van der Waals surface area contributed by atoms with Crippen LogP contribution in [0.5, 0.6) is 0 Å². The van der Waals surface area contributed by atoms with E-state index in [2.05, 4.69) is 0 Å². The summed E-state index contributed by atoms with van der Waals surface area (Å²) in [5.74, 6) is -3.47. The number of carboxylic acids is 1. The molecular formula is C16H12ClFO4S. The first-order chi connectivity index (χ1) is 10.9. The molecule has 0 aliphatic heterocycles. The van der Waals surface area contributed by atoms with Gasteiger partial charge in [-0.05, 0) is 36.4 Å². The largest absolute Gasteiger partial charge is 0.481 e. The van der Waals surface area contributed by atoms with E-state index in [-0.39, 0.29) is 12.0 Å². The molecule has 0 radical (unpaired) electrons. The molecule has 120 valence electrons. The second kappa shape index (κ2) is 7.48. The third kappa shape index (κ3) is 4.71. The lowest BCUT2D eigenvalue weighted by atomic mass is 9.91. The monoisotopic (exact) mass is 354 g/mol. The van der Waals surface area contributed by atoms with Gasteiger partial charge in [0.2, 0.25) is 0 Å². The second-order valence-corrected chi connectivity index (χ2v) is 6.61. The van der Waals surface area contributed by atoms with Gasteiger partial charge in [0.05, 0.1) is 15.6 Å². The van der Waals surface area contributed by atoms with Crippen LogP contribution < -0.4 is 0 Å². The molecule has 7 heteroatoms. The van der Waals surface area contributed by atoms with Crippen molar-refractivity contribution in [2.45, 2.75) is 12.8 Å². The minimum atomic E-state index is -1.17. The van der Waals surface area contributed by atoms with Gasteiger partial charge >= 0.3 is 5.97 Å². The molecule has 0 bridgehead atoms. The van der Waals surface area contributed by atoms with Crippen molar-refractivity contribution in [3.05, 3.63) is 57.0 Å². The molecule has 1 N–H and O–H groups in total. The van der Waals surface area contributed by atoms with Crippen molar-refractivity contribution in [2.75, 3.05) is 0 Å².